The van der Waals surface area contributed by atoms with Crippen molar-refractivity contribution in [2.24, 2.45) is 11.8 Å². The van der Waals surface area contributed by atoms with Gasteiger partial charge >= 0.3 is 0 Å². The SMILES string of the molecule is CC(C)CNCCCCN1CC(C)CC1C. The summed E-state index contributed by atoms with van der Waals surface area (Å²) in [4.78, 5) is 2.66. The maximum atomic E-state index is 3.51. The first-order valence-electron chi connectivity index (χ1n) is 7.04. The number of likely N-dealkylation sites (tertiary alicyclic amines) is 1. The summed E-state index contributed by atoms with van der Waals surface area (Å²) in [6.07, 6.45) is 4.07. The molecule has 1 rings (SSSR count). The van der Waals surface area contributed by atoms with Crippen LogP contribution in [0.5, 0.6) is 0 Å². The molecule has 0 aromatic carbocycles. The Hall–Kier alpha value is -0.0800. The van der Waals surface area contributed by atoms with E-state index in [1.807, 2.05) is 0 Å². The lowest BCUT2D eigenvalue weighted by atomic mass is 10.1. The van der Waals surface area contributed by atoms with Crippen molar-refractivity contribution < 1.29 is 0 Å². The summed E-state index contributed by atoms with van der Waals surface area (Å²) in [6, 6.07) is 0.818. The van der Waals surface area contributed by atoms with Crippen molar-refractivity contribution in [2.75, 3.05) is 26.2 Å². The van der Waals surface area contributed by atoms with Crippen molar-refractivity contribution >= 4 is 0 Å². The highest BCUT2D eigenvalue weighted by molar-refractivity contribution is 4.79. The molecule has 0 radical (unpaired) electrons. The largest absolute Gasteiger partial charge is 0.316 e. The van der Waals surface area contributed by atoms with E-state index >= 15 is 0 Å². The number of hydrogen-bond donors (Lipinski definition) is 1. The molecule has 0 amide bonds. The number of nitrogens with one attached hydrogen (secondary N) is 1. The molecule has 96 valence electrons. The topological polar surface area (TPSA) is 15.3 Å². The van der Waals surface area contributed by atoms with E-state index < -0.39 is 0 Å². The van der Waals surface area contributed by atoms with Gasteiger partial charge in [0.05, 0.1) is 0 Å². The van der Waals surface area contributed by atoms with Crippen LogP contribution < -0.4 is 5.32 Å². The van der Waals surface area contributed by atoms with E-state index in [0.29, 0.717) is 0 Å². The Balaban J connectivity index is 1.95. The Morgan fingerprint density at radius 2 is 2.00 bits per heavy atom. The summed E-state index contributed by atoms with van der Waals surface area (Å²) in [5.41, 5.74) is 0. The fourth-order valence-corrected chi connectivity index (χ4v) is 2.65. The molecule has 1 aliphatic heterocycles. The van der Waals surface area contributed by atoms with Crippen LogP contribution in [0.25, 0.3) is 0 Å². The van der Waals surface area contributed by atoms with Gasteiger partial charge in [-0.15, -0.1) is 0 Å². The van der Waals surface area contributed by atoms with Crippen LogP contribution in [0.4, 0.5) is 0 Å². The van der Waals surface area contributed by atoms with Crippen molar-refractivity contribution in [3.8, 4) is 0 Å². The Bertz CT molecular complexity index is 180. The molecule has 2 heteroatoms. The molecule has 0 aromatic rings. The zero-order valence-electron chi connectivity index (χ0n) is 11.6. The van der Waals surface area contributed by atoms with Gasteiger partial charge in [0.15, 0.2) is 0 Å². The first-order chi connectivity index (χ1) is 7.59. The molecule has 1 fully saturated rings. The average molecular weight is 226 g/mol. The van der Waals surface area contributed by atoms with Gasteiger partial charge in [-0.3, -0.25) is 0 Å². The van der Waals surface area contributed by atoms with Crippen molar-refractivity contribution in [1.82, 2.24) is 10.2 Å². The highest BCUT2D eigenvalue weighted by Crippen LogP contribution is 2.22. The molecule has 1 heterocycles. The van der Waals surface area contributed by atoms with Gasteiger partial charge in [0, 0.05) is 12.6 Å². The van der Waals surface area contributed by atoms with Gasteiger partial charge < -0.3 is 10.2 Å². The molecule has 2 atom stereocenters. The minimum atomic E-state index is 0.777. The van der Waals surface area contributed by atoms with Crippen molar-refractivity contribution in [1.29, 1.82) is 0 Å². The molecule has 0 spiro atoms. The lowest BCUT2D eigenvalue weighted by Crippen LogP contribution is -2.29. The minimum absolute atomic E-state index is 0.777. The van der Waals surface area contributed by atoms with E-state index in [1.54, 1.807) is 0 Å². The monoisotopic (exact) mass is 226 g/mol. The first-order valence-corrected chi connectivity index (χ1v) is 7.04. The second-order valence-corrected chi connectivity index (χ2v) is 5.99. The second kappa shape index (κ2) is 7.29. The van der Waals surface area contributed by atoms with E-state index in [-0.39, 0.29) is 0 Å². The first kappa shape index (κ1) is 14.0. The highest BCUT2D eigenvalue weighted by atomic mass is 15.2. The fraction of sp³-hybridized carbons (Fsp3) is 1.00. The number of unbranched alkanes of at least 4 members (excludes halogenated alkanes) is 1. The summed E-state index contributed by atoms with van der Waals surface area (Å²) >= 11 is 0. The summed E-state index contributed by atoms with van der Waals surface area (Å²) in [7, 11) is 0. The van der Waals surface area contributed by atoms with Crippen molar-refractivity contribution in [3.63, 3.8) is 0 Å². The van der Waals surface area contributed by atoms with Gasteiger partial charge in [-0.2, -0.15) is 0 Å². The lowest BCUT2D eigenvalue weighted by Gasteiger charge is -2.20. The van der Waals surface area contributed by atoms with Crippen LogP contribution in [0.3, 0.4) is 0 Å². The zero-order valence-corrected chi connectivity index (χ0v) is 11.6. The predicted molar refractivity (Wildman–Crippen MR) is 71.8 cm³/mol. The van der Waals surface area contributed by atoms with Gasteiger partial charge in [0.2, 0.25) is 0 Å². The van der Waals surface area contributed by atoms with Crippen LogP contribution in [0.15, 0.2) is 0 Å². The molecule has 1 saturated heterocycles. The zero-order chi connectivity index (χ0) is 12.0. The Labute approximate surface area is 102 Å². The molecule has 0 aromatic heterocycles. The average Bonchev–Trinajstić information content (AvgIpc) is 2.50. The van der Waals surface area contributed by atoms with Crippen LogP contribution in [0, 0.1) is 11.8 Å². The number of rotatable bonds is 7. The Morgan fingerprint density at radius 1 is 1.25 bits per heavy atom. The molecule has 2 unspecified atom stereocenters. The van der Waals surface area contributed by atoms with Gasteiger partial charge in [-0.25, -0.2) is 0 Å². The van der Waals surface area contributed by atoms with Crippen LogP contribution in [0.2, 0.25) is 0 Å². The van der Waals surface area contributed by atoms with E-state index in [0.717, 1.165) is 24.4 Å². The molecule has 0 bridgehead atoms. The van der Waals surface area contributed by atoms with E-state index in [4.69, 9.17) is 0 Å². The normalized spacial score (nSPS) is 26.8. The Morgan fingerprint density at radius 3 is 2.56 bits per heavy atom. The number of hydrogen-bond acceptors (Lipinski definition) is 2. The van der Waals surface area contributed by atoms with E-state index in [2.05, 4.69) is 37.9 Å². The van der Waals surface area contributed by atoms with Gasteiger partial charge in [0.1, 0.15) is 0 Å². The van der Waals surface area contributed by atoms with E-state index in [1.165, 1.54) is 38.9 Å². The van der Waals surface area contributed by atoms with Crippen LogP contribution in [-0.2, 0) is 0 Å². The Kier molecular flexibility index (Phi) is 6.37. The lowest BCUT2D eigenvalue weighted by molar-refractivity contribution is 0.259. The molecular weight excluding hydrogens is 196 g/mol. The maximum Gasteiger partial charge on any atom is 0.00700 e. The third-order valence-electron chi connectivity index (χ3n) is 3.51. The fourth-order valence-electron chi connectivity index (χ4n) is 2.65. The third-order valence-corrected chi connectivity index (χ3v) is 3.51. The molecule has 0 aliphatic carbocycles. The number of nitrogens with zero attached hydrogens (tertiary/aromatic N) is 1. The molecule has 1 aliphatic rings. The maximum absolute atomic E-state index is 3.51. The summed E-state index contributed by atoms with van der Waals surface area (Å²) in [5.74, 6) is 1.69. The molecular formula is C14H30N2. The highest BCUT2D eigenvalue weighted by Gasteiger charge is 2.24. The van der Waals surface area contributed by atoms with Gasteiger partial charge in [-0.05, 0) is 57.7 Å². The van der Waals surface area contributed by atoms with Gasteiger partial charge in [-0.1, -0.05) is 20.8 Å². The van der Waals surface area contributed by atoms with Crippen molar-refractivity contribution in [3.05, 3.63) is 0 Å². The van der Waals surface area contributed by atoms with Crippen LogP contribution in [0.1, 0.15) is 47.0 Å². The standard InChI is InChI=1S/C14H30N2/c1-12(2)10-15-7-5-6-8-16-11-13(3)9-14(16)4/h12-15H,5-11H2,1-4H3. The molecule has 2 nitrogen and oxygen atoms in total. The molecule has 16 heavy (non-hydrogen) atoms. The van der Waals surface area contributed by atoms with Crippen LogP contribution in [-0.4, -0.2) is 37.1 Å². The van der Waals surface area contributed by atoms with Crippen LogP contribution >= 0.6 is 0 Å². The van der Waals surface area contributed by atoms with E-state index in [9.17, 15) is 0 Å². The molecule has 0 saturated carbocycles. The summed E-state index contributed by atoms with van der Waals surface area (Å²) < 4.78 is 0. The quantitative estimate of drug-likeness (QED) is 0.672. The van der Waals surface area contributed by atoms with Gasteiger partial charge in [0.25, 0.3) is 0 Å². The summed E-state index contributed by atoms with van der Waals surface area (Å²) in [5, 5.41) is 3.51. The minimum Gasteiger partial charge on any atom is -0.316 e. The molecule has 1 N–H and O–H groups in total. The smallest absolute Gasteiger partial charge is 0.00700 e. The predicted octanol–water partition coefficient (Wildman–Crippen LogP) is 2.74. The second-order valence-electron chi connectivity index (χ2n) is 5.99. The third kappa shape index (κ3) is 5.31. The van der Waals surface area contributed by atoms with Crippen molar-refractivity contribution in [2.45, 2.75) is 53.0 Å². The summed E-state index contributed by atoms with van der Waals surface area (Å²) in [6.45, 7) is 14.3.